The summed E-state index contributed by atoms with van der Waals surface area (Å²) in [6, 6.07) is 6.27. The van der Waals surface area contributed by atoms with E-state index >= 15 is 0 Å². The summed E-state index contributed by atoms with van der Waals surface area (Å²) in [7, 11) is 0. The number of halogens is 3. The number of carbonyl (C=O) groups is 1. The first-order valence-electron chi connectivity index (χ1n) is 8.87. The Balaban J connectivity index is 1.63. The molecule has 1 amide bonds. The predicted molar refractivity (Wildman–Crippen MR) is 94.9 cm³/mol. The number of aromatic nitrogens is 3. The van der Waals surface area contributed by atoms with Gasteiger partial charge in [-0.25, -0.2) is 0 Å². The highest BCUT2D eigenvalue weighted by Crippen LogP contribution is 2.33. The van der Waals surface area contributed by atoms with Crippen LogP contribution in [0.5, 0.6) is 0 Å². The minimum Gasteiger partial charge on any atom is -0.398 e. The van der Waals surface area contributed by atoms with Gasteiger partial charge in [0.05, 0.1) is 17.8 Å². The van der Waals surface area contributed by atoms with Crippen molar-refractivity contribution < 1.29 is 22.5 Å². The van der Waals surface area contributed by atoms with Gasteiger partial charge in [0.15, 0.2) is 0 Å². The van der Waals surface area contributed by atoms with Gasteiger partial charge in [0, 0.05) is 17.0 Å². The average Bonchev–Trinajstić information content (AvgIpc) is 3.16. The van der Waals surface area contributed by atoms with E-state index in [4.69, 9.17) is 10.3 Å². The lowest BCUT2D eigenvalue weighted by molar-refractivity contribution is -0.139. The highest BCUT2D eigenvalue weighted by Gasteiger charge is 2.31. The molecular weight excluding hydrogens is 375 g/mol. The third-order valence-electron chi connectivity index (χ3n) is 4.90. The maximum absolute atomic E-state index is 13.1. The van der Waals surface area contributed by atoms with Gasteiger partial charge in [0.25, 0.3) is 0 Å². The summed E-state index contributed by atoms with van der Waals surface area (Å²) in [5.74, 6) is 0.0665. The Bertz CT molecular complexity index is 1020. The van der Waals surface area contributed by atoms with Gasteiger partial charge >= 0.3 is 6.18 Å². The molecule has 0 bridgehead atoms. The molecule has 7 nitrogen and oxygen atoms in total. The zero-order valence-corrected chi connectivity index (χ0v) is 14.8. The van der Waals surface area contributed by atoms with Crippen LogP contribution in [0.25, 0.3) is 22.4 Å². The van der Waals surface area contributed by atoms with Crippen molar-refractivity contribution in [3.63, 3.8) is 0 Å². The van der Waals surface area contributed by atoms with Crippen molar-refractivity contribution in [1.82, 2.24) is 20.0 Å². The Morgan fingerprint density at radius 1 is 1.36 bits per heavy atom. The van der Waals surface area contributed by atoms with Crippen molar-refractivity contribution >= 4 is 22.5 Å². The monoisotopic (exact) mass is 393 g/mol. The highest BCUT2D eigenvalue weighted by molar-refractivity contribution is 5.95. The van der Waals surface area contributed by atoms with E-state index in [0.717, 1.165) is 23.8 Å². The van der Waals surface area contributed by atoms with E-state index in [9.17, 15) is 18.0 Å². The molecule has 10 heteroatoms. The molecule has 28 heavy (non-hydrogen) atoms. The lowest BCUT2D eigenvalue weighted by atomic mass is 9.85. The Morgan fingerprint density at radius 2 is 2.14 bits per heavy atom. The van der Waals surface area contributed by atoms with E-state index in [1.165, 1.54) is 6.07 Å². The number of benzene rings is 1. The van der Waals surface area contributed by atoms with Crippen LogP contribution < -0.4 is 11.1 Å². The van der Waals surface area contributed by atoms with Gasteiger partial charge in [-0.15, -0.1) is 0 Å². The van der Waals surface area contributed by atoms with E-state index in [1.54, 1.807) is 18.2 Å². The van der Waals surface area contributed by atoms with Gasteiger partial charge in [0.1, 0.15) is 6.54 Å². The molecule has 1 aliphatic rings. The predicted octanol–water partition coefficient (Wildman–Crippen LogP) is 3.25. The maximum atomic E-state index is 13.1. The number of amides is 1. The summed E-state index contributed by atoms with van der Waals surface area (Å²) in [6.45, 7) is -1.18. The molecule has 0 aliphatic heterocycles. The maximum Gasteiger partial charge on any atom is 0.406 e. The van der Waals surface area contributed by atoms with Crippen LogP contribution in [0.4, 0.5) is 18.9 Å². The summed E-state index contributed by atoms with van der Waals surface area (Å²) in [6.07, 6.45) is -1.68. The molecule has 0 unspecified atom stereocenters. The molecule has 3 aromatic rings. The average molecular weight is 393 g/mol. The van der Waals surface area contributed by atoms with Gasteiger partial charge in [-0.3, -0.25) is 4.79 Å². The smallest absolute Gasteiger partial charge is 0.398 e. The van der Waals surface area contributed by atoms with Crippen molar-refractivity contribution in [2.75, 3.05) is 5.73 Å². The number of nitrogens with two attached hydrogens (primary N) is 1. The van der Waals surface area contributed by atoms with Crippen molar-refractivity contribution in [3.05, 3.63) is 30.2 Å². The topological polar surface area (TPSA) is 99.0 Å². The standard InChI is InChI=1S/C18H18F3N5O2/c19-18(20,21)9-26-13-6-2-5-12(22)11(13)7-14(26)16-24-15(28-25-16)8-23-17(27)10-3-1-4-10/h2,5-7,10H,1,3-4,8-9,22H2,(H,23,27). The summed E-state index contributed by atoms with van der Waals surface area (Å²) < 4.78 is 45.5. The number of nitrogens with zero attached hydrogens (tertiary/aromatic N) is 3. The van der Waals surface area contributed by atoms with Crippen molar-refractivity contribution in [3.8, 4) is 11.5 Å². The van der Waals surface area contributed by atoms with Gasteiger partial charge in [-0.2, -0.15) is 18.2 Å². The third kappa shape index (κ3) is 3.54. The molecule has 1 saturated carbocycles. The van der Waals surface area contributed by atoms with Gasteiger partial charge in [0.2, 0.25) is 17.6 Å². The Morgan fingerprint density at radius 3 is 2.82 bits per heavy atom. The Kier molecular flexibility index (Phi) is 4.48. The van der Waals surface area contributed by atoms with Crippen LogP contribution in [-0.4, -0.2) is 26.8 Å². The van der Waals surface area contributed by atoms with Gasteiger partial charge in [-0.1, -0.05) is 17.6 Å². The number of carbonyl (C=O) groups excluding carboxylic acids is 1. The second kappa shape index (κ2) is 6.84. The number of hydrogen-bond donors (Lipinski definition) is 2. The lowest BCUT2D eigenvalue weighted by Crippen LogP contribution is -2.34. The summed E-state index contributed by atoms with van der Waals surface area (Å²) in [5.41, 5.74) is 6.74. The van der Waals surface area contributed by atoms with Crippen molar-refractivity contribution in [1.29, 1.82) is 0 Å². The van der Waals surface area contributed by atoms with E-state index in [-0.39, 0.29) is 35.8 Å². The summed E-state index contributed by atoms with van der Waals surface area (Å²) >= 11 is 0. The summed E-state index contributed by atoms with van der Waals surface area (Å²) in [5, 5.41) is 6.98. The number of alkyl halides is 3. The third-order valence-corrected chi connectivity index (χ3v) is 4.90. The number of hydrogen-bond acceptors (Lipinski definition) is 5. The largest absolute Gasteiger partial charge is 0.406 e. The molecule has 148 valence electrons. The molecule has 2 aromatic heterocycles. The molecule has 4 rings (SSSR count). The van der Waals surface area contributed by atoms with Crippen LogP contribution in [-0.2, 0) is 17.9 Å². The molecule has 0 radical (unpaired) electrons. The van der Waals surface area contributed by atoms with E-state index in [0.29, 0.717) is 16.6 Å². The number of fused-ring (bicyclic) bond motifs is 1. The molecule has 3 N–H and O–H groups in total. The molecular formula is C18H18F3N5O2. The molecule has 1 aliphatic carbocycles. The zero-order valence-electron chi connectivity index (χ0n) is 14.8. The first kappa shape index (κ1) is 18.3. The van der Waals surface area contributed by atoms with Crippen molar-refractivity contribution in [2.24, 2.45) is 5.92 Å². The minimum absolute atomic E-state index is 0.00717. The number of anilines is 1. The Labute approximate surface area is 157 Å². The zero-order chi connectivity index (χ0) is 19.9. The summed E-state index contributed by atoms with van der Waals surface area (Å²) in [4.78, 5) is 16.0. The van der Waals surface area contributed by atoms with Gasteiger partial charge in [-0.05, 0) is 31.0 Å². The van der Waals surface area contributed by atoms with Crippen LogP contribution in [0.15, 0.2) is 28.8 Å². The molecule has 0 saturated heterocycles. The second-order valence-corrected chi connectivity index (χ2v) is 6.87. The quantitative estimate of drug-likeness (QED) is 0.649. The minimum atomic E-state index is -4.44. The highest BCUT2D eigenvalue weighted by atomic mass is 19.4. The fraction of sp³-hybridized carbons (Fsp3) is 0.389. The lowest BCUT2D eigenvalue weighted by Gasteiger charge is -2.23. The first-order chi connectivity index (χ1) is 13.3. The first-order valence-corrected chi connectivity index (χ1v) is 8.87. The number of nitrogens with one attached hydrogen (secondary N) is 1. The number of rotatable bonds is 5. The van der Waals surface area contributed by atoms with Crippen LogP contribution in [0.1, 0.15) is 25.2 Å². The SMILES string of the molecule is Nc1cccc2c1cc(-c1noc(CNC(=O)C3CCC3)n1)n2CC(F)(F)F. The van der Waals surface area contributed by atoms with Crippen LogP contribution >= 0.6 is 0 Å². The van der Waals surface area contributed by atoms with E-state index in [1.807, 2.05) is 0 Å². The number of nitrogen functional groups attached to an aromatic ring is 1. The van der Waals surface area contributed by atoms with Crippen LogP contribution in [0.3, 0.4) is 0 Å². The fourth-order valence-corrected chi connectivity index (χ4v) is 3.25. The molecule has 0 spiro atoms. The van der Waals surface area contributed by atoms with Crippen molar-refractivity contribution in [2.45, 2.75) is 38.5 Å². The fourth-order valence-electron chi connectivity index (χ4n) is 3.25. The van der Waals surface area contributed by atoms with E-state index in [2.05, 4.69) is 15.5 Å². The molecule has 1 fully saturated rings. The normalized spacial score (nSPS) is 15.0. The molecule has 2 heterocycles. The Hall–Kier alpha value is -3.04. The van der Waals surface area contributed by atoms with Crippen LogP contribution in [0.2, 0.25) is 0 Å². The van der Waals surface area contributed by atoms with Gasteiger partial charge < -0.3 is 20.1 Å². The van der Waals surface area contributed by atoms with E-state index < -0.39 is 12.7 Å². The molecule has 0 atom stereocenters. The molecule has 1 aromatic carbocycles. The second-order valence-electron chi connectivity index (χ2n) is 6.87. The van der Waals surface area contributed by atoms with Crippen LogP contribution in [0, 0.1) is 5.92 Å².